The number of benzene rings is 1. The summed E-state index contributed by atoms with van der Waals surface area (Å²) < 4.78 is 14.6. The summed E-state index contributed by atoms with van der Waals surface area (Å²) in [4.78, 5) is 12.4. The fourth-order valence-corrected chi connectivity index (χ4v) is 2.19. The molecule has 0 bridgehead atoms. The zero-order valence-corrected chi connectivity index (χ0v) is 13.3. The maximum atomic E-state index is 13.6. The first kappa shape index (κ1) is 14.7. The molecule has 0 aromatic heterocycles. The van der Waals surface area contributed by atoms with Crippen molar-refractivity contribution in [1.82, 2.24) is 0 Å². The summed E-state index contributed by atoms with van der Waals surface area (Å²) in [6, 6.07) is 2.83. The average Bonchev–Trinajstić information content (AvgIpc) is 2.10. The number of rotatable bonds is 1. The molecule has 1 aromatic rings. The Balaban J connectivity index is 3.35. The zero-order valence-electron chi connectivity index (χ0n) is 9.59. The van der Waals surface area contributed by atoms with Gasteiger partial charge in [0.05, 0.1) is 9.26 Å². The fourth-order valence-electron chi connectivity index (χ4n) is 1.46. The van der Waals surface area contributed by atoms with Gasteiger partial charge in [-0.25, -0.2) is 9.18 Å². The van der Waals surface area contributed by atoms with Crippen molar-refractivity contribution in [2.45, 2.75) is 26.3 Å². The van der Waals surface area contributed by atoms with Gasteiger partial charge in [0.1, 0.15) is 5.82 Å². The second kappa shape index (κ2) is 5.09. The molecule has 0 aliphatic rings. The number of hydrogen-bond donors (Lipinski definition) is 1. The van der Waals surface area contributed by atoms with Gasteiger partial charge in [0.15, 0.2) is 0 Å². The molecule has 0 radical (unpaired) electrons. The van der Waals surface area contributed by atoms with Crippen LogP contribution >= 0.6 is 38.5 Å². The first-order valence-corrected chi connectivity index (χ1v) is 6.69. The minimum atomic E-state index is -1.11. The summed E-state index contributed by atoms with van der Waals surface area (Å²) in [7, 11) is 0. The van der Waals surface area contributed by atoms with Crippen LogP contribution < -0.4 is 4.90 Å². The Morgan fingerprint density at radius 2 is 2.00 bits per heavy atom. The number of carboxylic acid groups (broad SMARTS) is 1. The molecule has 1 aromatic carbocycles. The summed E-state index contributed by atoms with van der Waals surface area (Å²) in [5.41, 5.74) is -0.320. The maximum absolute atomic E-state index is 13.6. The van der Waals surface area contributed by atoms with Gasteiger partial charge in [-0.2, -0.15) is 0 Å². The van der Waals surface area contributed by atoms with Gasteiger partial charge in [-0.3, -0.25) is 4.90 Å². The van der Waals surface area contributed by atoms with Crippen LogP contribution in [0.3, 0.4) is 0 Å². The first-order valence-electron chi connectivity index (χ1n) is 4.82. The zero-order chi connectivity index (χ0) is 13.4. The average molecular weight is 416 g/mol. The van der Waals surface area contributed by atoms with E-state index in [1.165, 1.54) is 6.07 Å². The molecule has 0 aliphatic heterocycles. The fraction of sp³-hybridized carbons (Fsp3) is 0.364. The summed E-state index contributed by atoms with van der Waals surface area (Å²) >= 11 is 5.07. The van der Waals surface area contributed by atoms with Gasteiger partial charge in [0.25, 0.3) is 0 Å². The van der Waals surface area contributed by atoms with Crippen LogP contribution in [0.5, 0.6) is 0 Å². The summed E-state index contributed by atoms with van der Waals surface area (Å²) in [6.45, 7) is 5.26. The number of halogens is 3. The normalized spacial score (nSPS) is 11.4. The lowest BCUT2D eigenvalue weighted by Gasteiger charge is -2.33. The Bertz CT molecular complexity index is 436. The van der Waals surface area contributed by atoms with Gasteiger partial charge in [0, 0.05) is 10.0 Å². The lowest BCUT2D eigenvalue weighted by molar-refractivity contribution is 0.195. The van der Waals surface area contributed by atoms with E-state index in [0.29, 0.717) is 13.7 Å². The van der Waals surface area contributed by atoms with Crippen molar-refractivity contribution in [2.75, 3.05) is 4.90 Å². The third kappa shape index (κ3) is 3.31. The lowest BCUT2D eigenvalue weighted by atomic mass is 10.1. The van der Waals surface area contributed by atoms with Crippen molar-refractivity contribution in [3.05, 3.63) is 26.0 Å². The van der Waals surface area contributed by atoms with E-state index in [4.69, 9.17) is 0 Å². The molecule has 1 rings (SSSR count). The highest BCUT2D eigenvalue weighted by Gasteiger charge is 2.28. The molecule has 0 aliphatic carbocycles. The second-order valence-corrected chi connectivity index (χ2v) is 6.45. The molecule has 3 nitrogen and oxygen atoms in total. The standard InChI is InChI=1S/C11H12BrFINO2/c1-11(2,3)15(10(16)17)6-4-7(12)9(14)8(13)5-6/h4-5H,1-3H3,(H,16,17). The highest BCUT2D eigenvalue weighted by atomic mass is 127. The van der Waals surface area contributed by atoms with Gasteiger partial charge in [-0.1, -0.05) is 0 Å². The third-order valence-electron chi connectivity index (χ3n) is 2.09. The molecule has 0 fully saturated rings. The summed E-state index contributed by atoms with van der Waals surface area (Å²) in [5, 5.41) is 9.20. The molecule has 1 amide bonds. The predicted molar refractivity (Wildman–Crippen MR) is 77.1 cm³/mol. The summed E-state index contributed by atoms with van der Waals surface area (Å²) in [5.74, 6) is -0.439. The van der Waals surface area contributed by atoms with Gasteiger partial charge >= 0.3 is 6.09 Å². The number of hydrogen-bond acceptors (Lipinski definition) is 1. The van der Waals surface area contributed by atoms with Crippen molar-refractivity contribution in [2.24, 2.45) is 0 Å². The minimum absolute atomic E-state index is 0.315. The Morgan fingerprint density at radius 3 is 2.35 bits per heavy atom. The molecule has 6 heteroatoms. The second-order valence-electron chi connectivity index (χ2n) is 4.51. The third-order valence-corrected chi connectivity index (χ3v) is 4.55. The van der Waals surface area contributed by atoms with E-state index in [9.17, 15) is 14.3 Å². The summed E-state index contributed by atoms with van der Waals surface area (Å²) in [6.07, 6.45) is -1.11. The van der Waals surface area contributed by atoms with E-state index in [0.717, 1.165) is 4.90 Å². The molecule has 0 unspecified atom stereocenters. The van der Waals surface area contributed by atoms with Crippen LogP contribution in [0, 0.1) is 9.39 Å². The molecule has 17 heavy (non-hydrogen) atoms. The number of carbonyl (C=O) groups is 1. The van der Waals surface area contributed by atoms with Crippen molar-refractivity contribution >= 4 is 50.3 Å². The van der Waals surface area contributed by atoms with E-state index in [1.54, 1.807) is 26.8 Å². The van der Waals surface area contributed by atoms with Crippen molar-refractivity contribution in [3.63, 3.8) is 0 Å². The highest BCUT2D eigenvalue weighted by Crippen LogP contribution is 2.31. The smallest absolute Gasteiger partial charge is 0.412 e. The molecule has 0 saturated heterocycles. The van der Waals surface area contributed by atoms with E-state index in [1.807, 2.05) is 22.6 Å². The molecule has 94 valence electrons. The van der Waals surface area contributed by atoms with Crippen LogP contribution in [0.4, 0.5) is 14.9 Å². The van der Waals surface area contributed by atoms with Crippen molar-refractivity contribution in [3.8, 4) is 0 Å². The lowest BCUT2D eigenvalue weighted by Crippen LogP contribution is -2.45. The van der Waals surface area contributed by atoms with Gasteiger partial charge < -0.3 is 5.11 Å². The van der Waals surface area contributed by atoms with E-state index in [-0.39, 0.29) is 0 Å². The first-order chi connectivity index (χ1) is 7.64. The van der Waals surface area contributed by atoms with E-state index < -0.39 is 17.4 Å². The Hall–Kier alpha value is -0.370. The molecule has 1 N–H and O–H groups in total. The number of anilines is 1. The SMILES string of the molecule is CC(C)(C)N(C(=O)O)c1cc(F)c(I)c(Br)c1. The van der Waals surface area contributed by atoms with Crippen LogP contribution in [0.25, 0.3) is 0 Å². The maximum Gasteiger partial charge on any atom is 0.412 e. The van der Waals surface area contributed by atoms with Gasteiger partial charge in [-0.15, -0.1) is 0 Å². The highest BCUT2D eigenvalue weighted by molar-refractivity contribution is 14.1. The minimum Gasteiger partial charge on any atom is -0.465 e. The number of nitrogens with zero attached hydrogens (tertiary/aromatic N) is 1. The Kier molecular flexibility index (Phi) is 4.40. The van der Waals surface area contributed by atoms with Crippen LogP contribution in [0.15, 0.2) is 16.6 Å². The Labute approximate surface area is 121 Å². The molecular weight excluding hydrogens is 404 g/mol. The van der Waals surface area contributed by atoms with Crippen LogP contribution in [-0.2, 0) is 0 Å². The van der Waals surface area contributed by atoms with Gasteiger partial charge in [0.2, 0.25) is 0 Å². The molecule has 0 saturated carbocycles. The monoisotopic (exact) mass is 415 g/mol. The molecule has 0 heterocycles. The van der Waals surface area contributed by atoms with Crippen molar-refractivity contribution < 1.29 is 14.3 Å². The van der Waals surface area contributed by atoms with Crippen LogP contribution in [-0.4, -0.2) is 16.7 Å². The molecular formula is C11H12BrFINO2. The topological polar surface area (TPSA) is 40.5 Å². The molecule has 0 atom stereocenters. The van der Waals surface area contributed by atoms with Gasteiger partial charge in [-0.05, 0) is 71.4 Å². The number of amides is 1. The van der Waals surface area contributed by atoms with E-state index >= 15 is 0 Å². The molecule has 0 spiro atoms. The van der Waals surface area contributed by atoms with Crippen LogP contribution in [0.1, 0.15) is 20.8 Å². The van der Waals surface area contributed by atoms with E-state index in [2.05, 4.69) is 15.9 Å². The van der Waals surface area contributed by atoms with Crippen molar-refractivity contribution in [1.29, 1.82) is 0 Å². The largest absolute Gasteiger partial charge is 0.465 e. The quantitative estimate of drug-likeness (QED) is 0.542. The predicted octanol–water partition coefficient (Wildman–Crippen LogP) is 4.48. The van der Waals surface area contributed by atoms with Crippen LogP contribution in [0.2, 0.25) is 0 Å². The Morgan fingerprint density at radius 1 is 1.47 bits per heavy atom.